The Bertz CT molecular complexity index is 559. The molecule has 2 rings (SSSR count). The van der Waals surface area contributed by atoms with Gasteiger partial charge >= 0.3 is 0 Å². The Morgan fingerprint density at radius 3 is 1.95 bits per heavy atom. The molecule has 0 nitrogen and oxygen atoms in total. The number of hydrogen-bond acceptors (Lipinski definition) is 0. The molecule has 0 heteroatoms. The monoisotopic (exact) mass is 266 g/mol. The SMILES string of the molecule is Cc1ccc(-c2ccc(CC(C)C)cc2)cc1C(C)C. The minimum Gasteiger partial charge on any atom is -0.0625 e. The predicted octanol–water partition coefficient (Wildman–Crippen LogP) is 5.98. The molecule has 0 saturated carbocycles. The van der Waals surface area contributed by atoms with Crippen molar-refractivity contribution in [3.63, 3.8) is 0 Å². The maximum Gasteiger partial charge on any atom is -0.0181 e. The van der Waals surface area contributed by atoms with Crippen molar-refractivity contribution < 1.29 is 0 Å². The first-order chi connectivity index (χ1) is 9.47. The first-order valence-corrected chi connectivity index (χ1v) is 7.67. The summed E-state index contributed by atoms with van der Waals surface area (Å²) < 4.78 is 0. The van der Waals surface area contributed by atoms with Gasteiger partial charge in [-0.2, -0.15) is 0 Å². The molecule has 0 heterocycles. The van der Waals surface area contributed by atoms with E-state index in [-0.39, 0.29) is 0 Å². The van der Waals surface area contributed by atoms with Crippen LogP contribution in [-0.4, -0.2) is 0 Å². The molecule has 2 aromatic rings. The van der Waals surface area contributed by atoms with Crippen LogP contribution in [0.1, 0.15) is 50.3 Å². The van der Waals surface area contributed by atoms with Crippen LogP contribution >= 0.6 is 0 Å². The molecule has 0 aliphatic heterocycles. The third kappa shape index (κ3) is 3.50. The van der Waals surface area contributed by atoms with E-state index in [9.17, 15) is 0 Å². The van der Waals surface area contributed by atoms with Crippen molar-refractivity contribution in [2.75, 3.05) is 0 Å². The highest BCUT2D eigenvalue weighted by Crippen LogP contribution is 2.27. The maximum absolute atomic E-state index is 2.34. The lowest BCUT2D eigenvalue weighted by atomic mass is 9.93. The standard InChI is InChI=1S/C20H26/c1-14(2)12-17-7-10-18(11-8-17)19-9-6-16(5)20(13-19)15(3)4/h6-11,13-15H,12H2,1-5H3. The molecule has 0 aromatic heterocycles. The highest BCUT2D eigenvalue weighted by Gasteiger charge is 2.06. The zero-order valence-corrected chi connectivity index (χ0v) is 13.4. The molecule has 0 spiro atoms. The van der Waals surface area contributed by atoms with Crippen LogP contribution in [0.15, 0.2) is 42.5 Å². The Morgan fingerprint density at radius 1 is 0.800 bits per heavy atom. The van der Waals surface area contributed by atoms with Gasteiger partial charge in [0.15, 0.2) is 0 Å². The fourth-order valence-electron chi connectivity index (χ4n) is 2.75. The third-order valence-electron chi connectivity index (χ3n) is 3.83. The zero-order chi connectivity index (χ0) is 14.7. The van der Waals surface area contributed by atoms with Gasteiger partial charge in [0.2, 0.25) is 0 Å². The molecule has 0 amide bonds. The summed E-state index contributed by atoms with van der Waals surface area (Å²) in [6.07, 6.45) is 1.16. The summed E-state index contributed by atoms with van der Waals surface area (Å²) in [5, 5.41) is 0. The van der Waals surface area contributed by atoms with Crippen LogP contribution in [-0.2, 0) is 6.42 Å². The highest BCUT2D eigenvalue weighted by atomic mass is 14.1. The molecule has 106 valence electrons. The van der Waals surface area contributed by atoms with E-state index in [1.807, 2.05) is 0 Å². The summed E-state index contributed by atoms with van der Waals surface area (Å²) in [5.74, 6) is 1.29. The summed E-state index contributed by atoms with van der Waals surface area (Å²) in [7, 11) is 0. The molecular weight excluding hydrogens is 240 g/mol. The summed E-state index contributed by atoms with van der Waals surface area (Å²) >= 11 is 0. The molecule has 0 N–H and O–H groups in total. The molecule has 0 fully saturated rings. The average Bonchev–Trinajstić information content (AvgIpc) is 2.39. The van der Waals surface area contributed by atoms with Crippen molar-refractivity contribution in [1.82, 2.24) is 0 Å². The smallest absolute Gasteiger partial charge is 0.0181 e. The number of rotatable bonds is 4. The van der Waals surface area contributed by atoms with E-state index >= 15 is 0 Å². The van der Waals surface area contributed by atoms with Crippen molar-refractivity contribution in [2.24, 2.45) is 5.92 Å². The van der Waals surface area contributed by atoms with Crippen LogP contribution in [0.25, 0.3) is 11.1 Å². The van der Waals surface area contributed by atoms with Crippen molar-refractivity contribution in [3.8, 4) is 11.1 Å². The zero-order valence-electron chi connectivity index (χ0n) is 13.4. The molecule has 2 aromatic carbocycles. The maximum atomic E-state index is 2.34. The van der Waals surface area contributed by atoms with E-state index < -0.39 is 0 Å². The van der Waals surface area contributed by atoms with Gasteiger partial charge in [-0.25, -0.2) is 0 Å². The summed E-state index contributed by atoms with van der Waals surface area (Å²) in [6.45, 7) is 11.3. The van der Waals surface area contributed by atoms with Crippen LogP contribution in [0.2, 0.25) is 0 Å². The van der Waals surface area contributed by atoms with Gasteiger partial charge in [-0.3, -0.25) is 0 Å². The van der Waals surface area contributed by atoms with Crippen LogP contribution in [0, 0.1) is 12.8 Å². The molecular formula is C20H26. The first-order valence-electron chi connectivity index (χ1n) is 7.67. The minimum atomic E-state index is 0.579. The van der Waals surface area contributed by atoms with Crippen LogP contribution in [0.5, 0.6) is 0 Å². The fourth-order valence-corrected chi connectivity index (χ4v) is 2.75. The normalized spacial score (nSPS) is 11.3. The molecule has 0 bridgehead atoms. The van der Waals surface area contributed by atoms with Gasteiger partial charge in [0.1, 0.15) is 0 Å². The number of benzene rings is 2. The second kappa shape index (κ2) is 6.26. The van der Waals surface area contributed by atoms with Gasteiger partial charge in [-0.1, -0.05) is 70.2 Å². The summed E-state index contributed by atoms with van der Waals surface area (Å²) in [5.41, 5.74) is 6.92. The summed E-state index contributed by atoms with van der Waals surface area (Å²) in [6, 6.07) is 15.9. The predicted molar refractivity (Wildman–Crippen MR) is 89.2 cm³/mol. The average molecular weight is 266 g/mol. The minimum absolute atomic E-state index is 0.579. The van der Waals surface area contributed by atoms with Crippen molar-refractivity contribution in [2.45, 2.75) is 47.0 Å². The lowest BCUT2D eigenvalue weighted by Gasteiger charge is -2.13. The molecule has 0 radical (unpaired) electrons. The number of aryl methyl sites for hydroxylation is 1. The number of hydrogen-bond donors (Lipinski definition) is 0. The Hall–Kier alpha value is -1.56. The lowest BCUT2D eigenvalue weighted by Crippen LogP contribution is -1.94. The van der Waals surface area contributed by atoms with Crippen LogP contribution < -0.4 is 0 Å². The van der Waals surface area contributed by atoms with Gasteiger partial charge in [0.25, 0.3) is 0 Å². The molecule has 0 aliphatic carbocycles. The van der Waals surface area contributed by atoms with Gasteiger partial charge in [-0.05, 0) is 53.0 Å². The quantitative estimate of drug-likeness (QED) is 0.638. The topological polar surface area (TPSA) is 0 Å². The van der Waals surface area contributed by atoms with Crippen molar-refractivity contribution in [1.29, 1.82) is 0 Å². The second-order valence-corrected chi connectivity index (χ2v) is 6.52. The Kier molecular flexibility index (Phi) is 4.65. The van der Waals surface area contributed by atoms with Gasteiger partial charge in [-0.15, -0.1) is 0 Å². The summed E-state index contributed by atoms with van der Waals surface area (Å²) in [4.78, 5) is 0. The molecule has 0 aliphatic rings. The van der Waals surface area contributed by atoms with E-state index in [2.05, 4.69) is 77.1 Å². The Labute approximate surface area is 123 Å². The van der Waals surface area contributed by atoms with Gasteiger partial charge < -0.3 is 0 Å². The Balaban J connectivity index is 2.30. The van der Waals surface area contributed by atoms with Gasteiger partial charge in [0.05, 0.1) is 0 Å². The highest BCUT2D eigenvalue weighted by molar-refractivity contribution is 5.65. The second-order valence-electron chi connectivity index (χ2n) is 6.52. The molecule has 20 heavy (non-hydrogen) atoms. The Morgan fingerprint density at radius 2 is 1.40 bits per heavy atom. The molecule has 0 atom stereocenters. The van der Waals surface area contributed by atoms with E-state index in [1.165, 1.54) is 27.8 Å². The van der Waals surface area contributed by atoms with E-state index in [0.717, 1.165) is 6.42 Å². The molecule has 0 unspecified atom stereocenters. The van der Waals surface area contributed by atoms with Crippen molar-refractivity contribution >= 4 is 0 Å². The van der Waals surface area contributed by atoms with Gasteiger partial charge in [0, 0.05) is 0 Å². The van der Waals surface area contributed by atoms with Crippen LogP contribution in [0.4, 0.5) is 0 Å². The molecule has 0 saturated heterocycles. The largest absolute Gasteiger partial charge is 0.0625 e. The van der Waals surface area contributed by atoms with Crippen LogP contribution in [0.3, 0.4) is 0 Å². The van der Waals surface area contributed by atoms with E-state index in [4.69, 9.17) is 0 Å². The lowest BCUT2D eigenvalue weighted by molar-refractivity contribution is 0.647. The van der Waals surface area contributed by atoms with Crippen molar-refractivity contribution in [3.05, 3.63) is 59.2 Å². The fraction of sp³-hybridized carbons (Fsp3) is 0.400. The third-order valence-corrected chi connectivity index (χ3v) is 3.83. The van der Waals surface area contributed by atoms with E-state index in [0.29, 0.717) is 11.8 Å². The first kappa shape index (κ1) is 14.8. The van der Waals surface area contributed by atoms with E-state index in [1.54, 1.807) is 0 Å².